The largest absolute Gasteiger partial charge is 0.0998 e. The molecule has 0 bridgehead atoms. The van der Waals surface area contributed by atoms with Gasteiger partial charge in [0.15, 0.2) is 0 Å². The highest BCUT2D eigenvalue weighted by Gasteiger charge is 2.53. The Hall–Kier alpha value is -0.260. The van der Waals surface area contributed by atoms with Gasteiger partial charge in [-0.3, -0.25) is 0 Å². The number of rotatable bonds is 4. The van der Waals surface area contributed by atoms with Crippen molar-refractivity contribution in [2.75, 3.05) is 0 Å². The summed E-state index contributed by atoms with van der Waals surface area (Å²) in [5.74, 6) is 6.86. The number of fused-ring (bicyclic) bond motifs is 3. The maximum absolute atomic E-state index is 4.39. The molecule has 0 heteroatoms. The summed E-state index contributed by atoms with van der Waals surface area (Å²) < 4.78 is 0. The van der Waals surface area contributed by atoms with Gasteiger partial charge in [-0.2, -0.15) is 0 Å². The zero-order valence-electron chi connectivity index (χ0n) is 17.1. The molecule has 0 aromatic rings. The van der Waals surface area contributed by atoms with Crippen molar-refractivity contribution in [1.29, 1.82) is 0 Å². The van der Waals surface area contributed by atoms with E-state index in [4.69, 9.17) is 0 Å². The van der Waals surface area contributed by atoms with E-state index < -0.39 is 0 Å². The third-order valence-electron chi connectivity index (χ3n) is 8.89. The minimum atomic E-state index is 0.505. The van der Waals surface area contributed by atoms with E-state index in [2.05, 4.69) is 41.2 Å². The Morgan fingerprint density at radius 2 is 1.75 bits per heavy atom. The van der Waals surface area contributed by atoms with E-state index in [1.54, 1.807) is 0 Å². The maximum atomic E-state index is 4.39. The molecule has 0 heterocycles. The lowest BCUT2D eigenvalue weighted by Crippen LogP contribution is -2.51. The molecule has 0 aromatic heterocycles. The fourth-order valence-corrected chi connectivity index (χ4v) is 8.02. The first kappa shape index (κ1) is 18.5. The summed E-state index contributed by atoms with van der Waals surface area (Å²) in [6, 6.07) is 0. The van der Waals surface area contributed by atoms with Gasteiger partial charge in [0, 0.05) is 0 Å². The molecule has 8 atom stereocenters. The fraction of sp³-hybridized carbons (Fsp3) is 0.917. The summed E-state index contributed by atoms with van der Waals surface area (Å²) in [4.78, 5) is 0. The van der Waals surface area contributed by atoms with Gasteiger partial charge in [0.25, 0.3) is 0 Å². The van der Waals surface area contributed by atoms with Gasteiger partial charge in [-0.1, -0.05) is 52.7 Å². The van der Waals surface area contributed by atoms with Crippen molar-refractivity contribution in [1.82, 2.24) is 0 Å². The average Bonchev–Trinajstić information content (AvgIpc) is 2.54. The fourth-order valence-electron chi connectivity index (χ4n) is 8.02. The van der Waals surface area contributed by atoms with Crippen LogP contribution >= 0.6 is 0 Å². The van der Waals surface area contributed by atoms with Crippen molar-refractivity contribution in [3.8, 4) is 0 Å². The lowest BCUT2D eigenvalue weighted by molar-refractivity contribution is -0.0864. The molecule has 4 unspecified atom stereocenters. The normalized spacial score (nSPS) is 46.7. The van der Waals surface area contributed by atoms with Gasteiger partial charge >= 0.3 is 0 Å². The Morgan fingerprint density at radius 3 is 2.38 bits per heavy atom. The molecule has 138 valence electrons. The number of hydrogen-bond acceptors (Lipinski definition) is 0. The van der Waals surface area contributed by atoms with Crippen molar-refractivity contribution in [2.45, 2.75) is 92.4 Å². The predicted octanol–water partition coefficient (Wildman–Crippen LogP) is 7.49. The summed E-state index contributed by atoms with van der Waals surface area (Å²) >= 11 is 0. The monoisotopic (exact) mass is 330 g/mol. The molecule has 0 N–H and O–H groups in total. The van der Waals surface area contributed by atoms with Gasteiger partial charge < -0.3 is 0 Å². The Balaban J connectivity index is 1.83. The standard InChI is InChI=1S/C24H42/c1-7-22(16(3)4)24(6)14-13-20-19-11-9-17(5)15-18(19)10-12-21(20)23(24)8-2/h17-23H,3,7-15H2,1-2,4-6H3/t17-,18+,19-,20?,21?,22+,23?,24?/m0/s1. The second kappa shape index (κ2) is 7.16. The molecule has 24 heavy (non-hydrogen) atoms. The quantitative estimate of drug-likeness (QED) is 0.468. The summed E-state index contributed by atoms with van der Waals surface area (Å²) in [6.07, 6.45) is 13.3. The van der Waals surface area contributed by atoms with Crippen molar-refractivity contribution in [2.24, 2.45) is 46.8 Å². The smallest absolute Gasteiger partial charge is 0.0155 e. The summed E-state index contributed by atoms with van der Waals surface area (Å²) in [5, 5.41) is 0. The lowest BCUT2D eigenvalue weighted by atomic mass is 9.46. The third kappa shape index (κ3) is 3.01. The molecule has 0 saturated heterocycles. The van der Waals surface area contributed by atoms with E-state index in [1.165, 1.54) is 63.4 Å². The molecule has 3 rings (SSSR count). The summed E-state index contributed by atoms with van der Waals surface area (Å²) in [6.45, 7) is 16.7. The molecule has 3 fully saturated rings. The zero-order chi connectivity index (χ0) is 17.5. The molecule has 3 aliphatic carbocycles. The van der Waals surface area contributed by atoms with Crippen LogP contribution in [0.15, 0.2) is 12.2 Å². The molecular formula is C24H42. The van der Waals surface area contributed by atoms with Crippen molar-refractivity contribution in [3.05, 3.63) is 12.2 Å². The minimum absolute atomic E-state index is 0.505. The Kier molecular flexibility index (Phi) is 5.53. The predicted molar refractivity (Wildman–Crippen MR) is 106 cm³/mol. The molecule has 0 radical (unpaired) electrons. The minimum Gasteiger partial charge on any atom is -0.0998 e. The first-order chi connectivity index (χ1) is 11.4. The molecule has 0 amide bonds. The van der Waals surface area contributed by atoms with Crippen LogP contribution in [0.2, 0.25) is 0 Å². The molecule has 0 aromatic carbocycles. The second-order valence-electron chi connectivity index (χ2n) is 10.1. The van der Waals surface area contributed by atoms with Gasteiger partial charge in [-0.25, -0.2) is 0 Å². The molecule has 0 nitrogen and oxygen atoms in total. The first-order valence-corrected chi connectivity index (χ1v) is 11.1. The molecule has 3 aliphatic rings. The molecule has 0 spiro atoms. The molecule has 3 saturated carbocycles. The number of hydrogen-bond donors (Lipinski definition) is 0. The van der Waals surface area contributed by atoms with Crippen LogP contribution in [0.25, 0.3) is 0 Å². The van der Waals surface area contributed by atoms with Crippen LogP contribution < -0.4 is 0 Å². The van der Waals surface area contributed by atoms with Crippen LogP contribution in [0.4, 0.5) is 0 Å². The van der Waals surface area contributed by atoms with E-state index in [9.17, 15) is 0 Å². The van der Waals surface area contributed by atoms with Crippen LogP contribution in [-0.4, -0.2) is 0 Å². The zero-order valence-corrected chi connectivity index (χ0v) is 17.1. The maximum Gasteiger partial charge on any atom is -0.0155 e. The van der Waals surface area contributed by atoms with E-state index in [1.807, 2.05) is 0 Å². The van der Waals surface area contributed by atoms with Gasteiger partial charge in [-0.05, 0) is 98.7 Å². The van der Waals surface area contributed by atoms with Crippen LogP contribution in [0, 0.1) is 46.8 Å². The first-order valence-electron chi connectivity index (χ1n) is 11.1. The molecule has 0 aliphatic heterocycles. The van der Waals surface area contributed by atoms with Gasteiger partial charge in [-0.15, -0.1) is 0 Å². The topological polar surface area (TPSA) is 0 Å². The summed E-state index contributed by atoms with van der Waals surface area (Å²) in [5.41, 5.74) is 1.95. The van der Waals surface area contributed by atoms with Crippen LogP contribution in [0.5, 0.6) is 0 Å². The van der Waals surface area contributed by atoms with Crippen LogP contribution in [0.3, 0.4) is 0 Å². The lowest BCUT2D eigenvalue weighted by Gasteiger charge is -2.59. The highest BCUT2D eigenvalue weighted by Crippen LogP contribution is 2.61. The third-order valence-corrected chi connectivity index (χ3v) is 8.89. The highest BCUT2D eigenvalue weighted by atomic mass is 14.6. The number of allylic oxidation sites excluding steroid dienone is 1. The van der Waals surface area contributed by atoms with Crippen LogP contribution in [0.1, 0.15) is 92.4 Å². The van der Waals surface area contributed by atoms with Crippen molar-refractivity contribution in [3.63, 3.8) is 0 Å². The van der Waals surface area contributed by atoms with E-state index >= 15 is 0 Å². The highest BCUT2D eigenvalue weighted by molar-refractivity contribution is 5.09. The van der Waals surface area contributed by atoms with Gasteiger partial charge in [0.2, 0.25) is 0 Å². The Morgan fingerprint density at radius 1 is 1.04 bits per heavy atom. The SMILES string of the molecule is C=C(C)[C@@H](CC)C1(C)CCC2C(CC[C@@H]3C[C@@H](C)CC[C@H]23)C1CC. The average molecular weight is 331 g/mol. The van der Waals surface area contributed by atoms with Crippen molar-refractivity contribution >= 4 is 0 Å². The Labute approximate surface area is 151 Å². The van der Waals surface area contributed by atoms with Gasteiger partial charge in [0.05, 0.1) is 0 Å². The molecular weight excluding hydrogens is 288 g/mol. The van der Waals surface area contributed by atoms with E-state index in [0.29, 0.717) is 5.41 Å². The summed E-state index contributed by atoms with van der Waals surface area (Å²) in [7, 11) is 0. The second-order valence-corrected chi connectivity index (χ2v) is 10.1. The van der Waals surface area contributed by atoms with Crippen molar-refractivity contribution < 1.29 is 0 Å². The van der Waals surface area contributed by atoms with E-state index in [0.717, 1.165) is 41.4 Å². The van der Waals surface area contributed by atoms with Crippen LogP contribution in [-0.2, 0) is 0 Å². The Bertz CT molecular complexity index is 449. The van der Waals surface area contributed by atoms with Gasteiger partial charge in [0.1, 0.15) is 0 Å². The van der Waals surface area contributed by atoms with E-state index in [-0.39, 0.29) is 0 Å².